The Labute approximate surface area is 127 Å². The van der Waals surface area contributed by atoms with Crippen LogP contribution in [-0.2, 0) is 0 Å². The van der Waals surface area contributed by atoms with Gasteiger partial charge >= 0.3 is 0 Å². The number of carbonyl (C=O) groups is 1. The summed E-state index contributed by atoms with van der Waals surface area (Å²) in [4.78, 5) is 12.1. The first-order valence-electron chi connectivity index (χ1n) is 6.85. The van der Waals surface area contributed by atoms with E-state index in [4.69, 9.17) is 0 Å². The van der Waals surface area contributed by atoms with E-state index in [1.165, 1.54) is 12.1 Å². The van der Waals surface area contributed by atoms with Gasteiger partial charge in [-0.2, -0.15) is 0 Å². The van der Waals surface area contributed by atoms with Crippen LogP contribution in [-0.4, -0.2) is 11.0 Å². The molecule has 1 atom stereocenters. The average Bonchev–Trinajstić information content (AvgIpc) is 2.55. The number of carbonyl (C=O) groups excluding carboxylic acids is 1. The zero-order valence-corrected chi connectivity index (χ0v) is 12.3. The Balaban J connectivity index is 0.00000141. The monoisotopic (exact) mass is 285 g/mol. The van der Waals surface area contributed by atoms with E-state index in [1.54, 1.807) is 12.1 Å². The minimum absolute atomic E-state index is 0. The van der Waals surface area contributed by atoms with E-state index in [-0.39, 0.29) is 19.1 Å². The van der Waals surface area contributed by atoms with Gasteiger partial charge in [-0.1, -0.05) is 37.3 Å². The molecule has 0 spiro atoms. The topological polar surface area (TPSA) is 49.3 Å². The van der Waals surface area contributed by atoms with Gasteiger partial charge in [0.15, 0.2) is 0 Å². The van der Waals surface area contributed by atoms with Gasteiger partial charge < -0.3 is 10.4 Å². The molecule has 0 aromatic heterocycles. The smallest absolute Gasteiger partial charge is 0.251 e. The summed E-state index contributed by atoms with van der Waals surface area (Å²) >= 11 is 0. The highest BCUT2D eigenvalue weighted by Gasteiger charge is 2.13. The van der Waals surface area contributed by atoms with E-state index in [9.17, 15) is 9.90 Å². The number of benzene rings is 2. The van der Waals surface area contributed by atoms with Crippen molar-refractivity contribution in [2.24, 2.45) is 0 Å². The van der Waals surface area contributed by atoms with Crippen molar-refractivity contribution >= 4 is 5.91 Å². The number of hydrogen-bond acceptors (Lipinski definition) is 2. The lowest BCUT2D eigenvalue weighted by Crippen LogP contribution is -2.28. The molecule has 0 radical (unpaired) electrons. The zero-order chi connectivity index (χ0) is 15.7. The standard InChI is InChI=1S/C16H17NO2.C2H4.H2/c1-2-15(12-6-4-3-5-7-12)17-16(19)13-8-10-14(18)11-9-13;1-2;/h3-11,15,18H,2H2,1H3,(H,17,19);1-2H2;1H/t15-;;/m1../s1. The largest absolute Gasteiger partial charge is 0.508 e. The third kappa shape index (κ3) is 4.80. The van der Waals surface area contributed by atoms with Gasteiger partial charge in [-0.3, -0.25) is 4.79 Å². The fourth-order valence-electron chi connectivity index (χ4n) is 1.96. The van der Waals surface area contributed by atoms with Crippen LogP contribution in [0.2, 0.25) is 0 Å². The van der Waals surface area contributed by atoms with Crippen molar-refractivity contribution in [2.75, 3.05) is 0 Å². The molecule has 3 heteroatoms. The van der Waals surface area contributed by atoms with Gasteiger partial charge in [-0.15, -0.1) is 13.2 Å². The maximum Gasteiger partial charge on any atom is 0.251 e. The number of phenols is 1. The lowest BCUT2D eigenvalue weighted by molar-refractivity contribution is 0.0935. The molecule has 1 amide bonds. The van der Waals surface area contributed by atoms with Crippen LogP contribution in [0.3, 0.4) is 0 Å². The van der Waals surface area contributed by atoms with Crippen molar-refractivity contribution in [1.29, 1.82) is 0 Å². The number of amides is 1. The lowest BCUT2D eigenvalue weighted by atomic mass is 10.0. The predicted molar refractivity (Wildman–Crippen MR) is 88.4 cm³/mol. The van der Waals surface area contributed by atoms with E-state index in [1.807, 2.05) is 37.3 Å². The third-order valence-electron chi connectivity index (χ3n) is 3.05. The molecule has 2 aromatic rings. The van der Waals surface area contributed by atoms with Crippen molar-refractivity contribution in [1.82, 2.24) is 5.32 Å². The van der Waals surface area contributed by atoms with Crippen molar-refractivity contribution in [2.45, 2.75) is 19.4 Å². The highest BCUT2D eigenvalue weighted by molar-refractivity contribution is 5.94. The molecule has 0 aliphatic rings. The summed E-state index contributed by atoms with van der Waals surface area (Å²) in [5, 5.41) is 12.2. The van der Waals surface area contributed by atoms with E-state index in [0.29, 0.717) is 5.56 Å². The molecule has 2 rings (SSSR count). The molecule has 2 aromatic carbocycles. The lowest BCUT2D eigenvalue weighted by Gasteiger charge is -2.17. The number of hydrogen-bond donors (Lipinski definition) is 2. The van der Waals surface area contributed by atoms with Gasteiger partial charge in [0.05, 0.1) is 6.04 Å². The molecule has 0 bridgehead atoms. The Morgan fingerprint density at radius 3 is 2.24 bits per heavy atom. The van der Waals surface area contributed by atoms with E-state index in [2.05, 4.69) is 18.5 Å². The Morgan fingerprint density at radius 2 is 1.71 bits per heavy atom. The number of nitrogens with one attached hydrogen (secondary N) is 1. The summed E-state index contributed by atoms with van der Waals surface area (Å²) in [6.45, 7) is 8.04. The molecule has 0 aliphatic heterocycles. The summed E-state index contributed by atoms with van der Waals surface area (Å²) in [6.07, 6.45) is 0.827. The Kier molecular flexibility index (Phi) is 6.75. The minimum Gasteiger partial charge on any atom is -0.508 e. The number of rotatable bonds is 4. The van der Waals surface area contributed by atoms with Gasteiger partial charge in [-0.25, -0.2) is 0 Å². The van der Waals surface area contributed by atoms with Crippen LogP contribution in [0, 0.1) is 0 Å². The van der Waals surface area contributed by atoms with Gasteiger partial charge in [0.2, 0.25) is 0 Å². The second-order valence-corrected chi connectivity index (χ2v) is 4.39. The summed E-state index contributed by atoms with van der Waals surface area (Å²) < 4.78 is 0. The molecular formula is C18H23NO2. The van der Waals surface area contributed by atoms with Crippen LogP contribution in [0.4, 0.5) is 0 Å². The van der Waals surface area contributed by atoms with Crippen LogP contribution < -0.4 is 5.32 Å². The maximum absolute atomic E-state index is 12.1. The van der Waals surface area contributed by atoms with Gasteiger partial charge in [0.25, 0.3) is 5.91 Å². The molecule has 112 valence electrons. The molecule has 0 fully saturated rings. The van der Waals surface area contributed by atoms with Crippen LogP contribution in [0.5, 0.6) is 5.75 Å². The van der Waals surface area contributed by atoms with Crippen molar-refractivity contribution < 1.29 is 11.3 Å². The molecule has 0 saturated carbocycles. The van der Waals surface area contributed by atoms with Gasteiger partial charge in [0, 0.05) is 6.99 Å². The summed E-state index contributed by atoms with van der Waals surface area (Å²) in [7, 11) is 0. The highest BCUT2D eigenvalue weighted by atomic mass is 16.3. The normalized spacial score (nSPS) is 10.9. The Hall–Kier alpha value is -2.55. The third-order valence-corrected chi connectivity index (χ3v) is 3.05. The van der Waals surface area contributed by atoms with Gasteiger partial charge in [-0.05, 0) is 36.2 Å². The molecule has 3 nitrogen and oxygen atoms in total. The molecule has 0 aliphatic carbocycles. The van der Waals surface area contributed by atoms with Gasteiger partial charge in [0.1, 0.15) is 5.75 Å². The van der Waals surface area contributed by atoms with Crippen molar-refractivity contribution in [3.8, 4) is 5.75 Å². The fourth-order valence-corrected chi connectivity index (χ4v) is 1.96. The maximum atomic E-state index is 12.1. The van der Waals surface area contributed by atoms with Crippen LogP contribution in [0.1, 0.15) is 36.7 Å². The number of phenolic OH excluding ortho intramolecular Hbond substituents is 1. The van der Waals surface area contributed by atoms with Crippen LogP contribution in [0.15, 0.2) is 67.8 Å². The van der Waals surface area contributed by atoms with Crippen molar-refractivity contribution in [3.63, 3.8) is 0 Å². The minimum atomic E-state index is -0.129. The van der Waals surface area contributed by atoms with E-state index < -0.39 is 0 Å². The van der Waals surface area contributed by atoms with E-state index >= 15 is 0 Å². The average molecular weight is 285 g/mol. The predicted octanol–water partition coefficient (Wildman–Crippen LogP) is 4.32. The molecule has 2 N–H and O–H groups in total. The first kappa shape index (κ1) is 16.5. The summed E-state index contributed by atoms with van der Waals surface area (Å²) in [5.74, 6) is 0.0300. The van der Waals surface area contributed by atoms with Crippen LogP contribution in [0.25, 0.3) is 0 Å². The first-order chi connectivity index (χ1) is 10.2. The van der Waals surface area contributed by atoms with Crippen LogP contribution >= 0.6 is 0 Å². The molecule has 21 heavy (non-hydrogen) atoms. The SMILES string of the molecule is C=C.CC[C@@H](NC(=O)c1ccc(O)cc1)c1ccccc1.[HH]. The summed E-state index contributed by atoms with van der Waals surface area (Å²) in [5.41, 5.74) is 1.64. The Bertz CT molecular complexity index is 555. The number of aromatic hydroxyl groups is 1. The highest BCUT2D eigenvalue weighted by Crippen LogP contribution is 2.17. The Morgan fingerprint density at radius 1 is 1.14 bits per heavy atom. The fraction of sp³-hybridized carbons (Fsp3) is 0.167. The second kappa shape index (κ2) is 8.59. The summed E-state index contributed by atoms with van der Waals surface area (Å²) in [6, 6.07) is 16.1. The molecule has 0 unspecified atom stereocenters. The zero-order valence-electron chi connectivity index (χ0n) is 12.3. The molecule has 0 heterocycles. The first-order valence-corrected chi connectivity index (χ1v) is 6.85. The van der Waals surface area contributed by atoms with Crippen molar-refractivity contribution in [3.05, 3.63) is 78.9 Å². The molecular weight excluding hydrogens is 262 g/mol. The van der Waals surface area contributed by atoms with E-state index in [0.717, 1.165) is 12.0 Å². The molecule has 0 saturated heterocycles. The quantitative estimate of drug-likeness (QED) is 0.822. The second-order valence-electron chi connectivity index (χ2n) is 4.39.